The van der Waals surface area contributed by atoms with Gasteiger partial charge in [-0.15, -0.1) is 0 Å². The van der Waals surface area contributed by atoms with E-state index >= 15 is 0 Å². The van der Waals surface area contributed by atoms with Gasteiger partial charge in [0.05, 0.1) is 162 Å². The van der Waals surface area contributed by atoms with Crippen molar-refractivity contribution in [3.05, 3.63) is 266 Å². The molecule has 12 aromatic heterocycles. The van der Waals surface area contributed by atoms with Crippen LogP contribution < -0.4 is 63.8 Å². The number of aromatic nitrogens is 16. The van der Waals surface area contributed by atoms with Gasteiger partial charge in [-0.05, 0) is 171 Å². The van der Waals surface area contributed by atoms with Crippen molar-refractivity contribution >= 4 is 91.4 Å². The molecule has 4 aliphatic rings. The lowest BCUT2D eigenvalue weighted by molar-refractivity contribution is 0.379. The SMILES string of the molecule is C[C@@H]1CCN(c2ccncc2Nc2ncc3ccc(-c4c(F)cccc4F)nn23)C[C@@H]1N.C[C@@H]1CCN(c2ccncc2Nc2ncc3ccc(-c4c(F)cccc4F)nn23)C[C@H]1N.C[C@H]1CCN(c2ccncc2Nc2ncc3ccc(-c4c(F)cccc4F)nn23)C[C@@H]1N.C[C@H]1CCN(c2ccncc2Nc2ncc3ccc(-c4c(F)cccc4F)nn23)C[C@H]1N. The molecule has 0 amide bonds. The van der Waals surface area contributed by atoms with Crippen LogP contribution in [-0.4, -0.2) is 155 Å². The van der Waals surface area contributed by atoms with Crippen LogP contribution in [0.1, 0.15) is 53.4 Å². The van der Waals surface area contributed by atoms with E-state index in [1.54, 1.807) is 123 Å². The molecule has 4 fully saturated rings. The number of nitrogens with one attached hydrogen (secondary N) is 4. The number of imidazole rings is 4. The van der Waals surface area contributed by atoms with Gasteiger partial charge in [0, 0.05) is 101 Å². The maximum atomic E-state index is 14.3. The molecule has 28 nitrogen and oxygen atoms in total. The summed E-state index contributed by atoms with van der Waals surface area (Å²) < 4.78 is 120. The van der Waals surface area contributed by atoms with Crippen LogP contribution in [0.3, 0.4) is 0 Å². The van der Waals surface area contributed by atoms with Crippen molar-refractivity contribution in [3.8, 4) is 45.0 Å². The zero-order valence-electron chi connectivity index (χ0n) is 70.2. The first-order valence-corrected chi connectivity index (χ1v) is 42.1. The second-order valence-corrected chi connectivity index (χ2v) is 32.5. The Kier molecular flexibility index (Phi) is 25.1. The highest BCUT2D eigenvalue weighted by atomic mass is 19.2. The second kappa shape index (κ2) is 37.4. The quantitative estimate of drug-likeness (QED) is 0.0417. The van der Waals surface area contributed by atoms with Crippen molar-refractivity contribution in [2.75, 3.05) is 93.2 Å². The molecular weight excluding hydrogens is 1650 g/mol. The fraction of sp³-hybridized carbons (Fsp3) is 0.261. The molecule has 0 saturated carbocycles. The van der Waals surface area contributed by atoms with Gasteiger partial charge in [0.25, 0.3) is 0 Å². The number of anilines is 12. The number of rotatable bonds is 16. The third kappa shape index (κ3) is 18.3. The smallest absolute Gasteiger partial charge is 0.229 e. The minimum absolute atomic E-state index is 0.0944. The van der Waals surface area contributed by atoms with E-state index < -0.39 is 46.5 Å². The van der Waals surface area contributed by atoms with Gasteiger partial charge < -0.3 is 63.8 Å². The van der Waals surface area contributed by atoms with Gasteiger partial charge in [-0.3, -0.25) is 19.9 Å². The molecule has 36 heteroatoms. The number of hydrogen-bond acceptors (Lipinski definition) is 24. The van der Waals surface area contributed by atoms with E-state index in [0.29, 0.717) is 69.5 Å². The van der Waals surface area contributed by atoms with Crippen molar-refractivity contribution in [1.82, 2.24) is 78.3 Å². The van der Waals surface area contributed by atoms with Crippen molar-refractivity contribution < 1.29 is 35.1 Å². The third-order valence-electron chi connectivity index (χ3n) is 24.0. The van der Waals surface area contributed by atoms with Crippen molar-refractivity contribution in [2.45, 2.75) is 77.5 Å². The Labute approximate surface area is 730 Å². The van der Waals surface area contributed by atoms with E-state index in [1.807, 2.05) is 24.3 Å². The topological polar surface area (TPSA) is 337 Å². The lowest BCUT2D eigenvalue weighted by Crippen LogP contribution is -2.47. The standard InChI is InChI=1S/4C23H23F2N7/c4*1-14-8-10-31(13-18(14)26)21-7-9-27-12-20(21)29-23-28-11-15-5-6-19(30-32(15)23)22-16(24)3-2-4-17(22)25/h4*2-7,9,11-12,14,18H,8,10,13,26H2,1H3,(H,28,29)/t2*14-,18+;2*14-,18-/m1010/s1. The maximum Gasteiger partial charge on any atom is 0.229 e. The van der Waals surface area contributed by atoms with Crippen LogP contribution in [0.4, 0.5) is 104 Å². The highest BCUT2D eigenvalue weighted by molar-refractivity contribution is 5.79. The Bertz CT molecular complexity index is 5800. The first kappa shape index (κ1) is 85.8. The van der Waals surface area contributed by atoms with Crippen LogP contribution in [0.15, 0.2) is 220 Å². The van der Waals surface area contributed by atoms with Crippen LogP contribution in [0.25, 0.3) is 67.1 Å². The van der Waals surface area contributed by atoms with Gasteiger partial charge in [-0.2, -0.15) is 38.5 Å². The monoisotopic (exact) mass is 1740 g/mol. The molecule has 656 valence electrons. The first-order chi connectivity index (χ1) is 62.0. The number of benzene rings is 4. The molecule has 4 saturated heterocycles. The summed E-state index contributed by atoms with van der Waals surface area (Å²) in [7, 11) is 0. The Morgan fingerprint density at radius 1 is 0.273 bits per heavy atom. The van der Waals surface area contributed by atoms with Crippen LogP contribution in [0.5, 0.6) is 0 Å². The Hall–Kier alpha value is -14.4. The number of piperidine rings is 4. The summed E-state index contributed by atoms with van der Waals surface area (Å²) in [4.78, 5) is 43.6. The maximum absolute atomic E-state index is 14.3. The Morgan fingerprint density at radius 2 is 0.477 bits per heavy atom. The van der Waals surface area contributed by atoms with Gasteiger partial charge in [0.15, 0.2) is 0 Å². The molecule has 0 aliphatic carbocycles. The van der Waals surface area contributed by atoms with Crippen molar-refractivity contribution in [1.29, 1.82) is 0 Å². The van der Waals surface area contributed by atoms with Crippen LogP contribution in [0.2, 0.25) is 0 Å². The number of nitrogens with zero attached hydrogens (tertiary/aromatic N) is 20. The predicted molar refractivity (Wildman–Crippen MR) is 479 cm³/mol. The number of pyridine rings is 4. The van der Waals surface area contributed by atoms with Crippen LogP contribution >= 0.6 is 0 Å². The van der Waals surface area contributed by atoms with E-state index in [9.17, 15) is 35.1 Å². The minimum Gasteiger partial charge on any atom is -0.368 e. The first-order valence-electron chi connectivity index (χ1n) is 42.1. The summed E-state index contributed by atoms with van der Waals surface area (Å²) >= 11 is 0. The average molecular weight is 1740 g/mol. The fourth-order valence-corrected chi connectivity index (χ4v) is 16.2. The normalized spacial score (nSPS) is 18.8. The lowest BCUT2D eigenvalue weighted by Gasteiger charge is -2.37. The Balaban J connectivity index is 0.000000120. The largest absolute Gasteiger partial charge is 0.368 e. The molecule has 0 spiro atoms. The molecule has 0 radical (unpaired) electrons. The summed E-state index contributed by atoms with van der Waals surface area (Å²) in [5, 5.41) is 30.9. The zero-order valence-corrected chi connectivity index (χ0v) is 70.2. The molecule has 16 heterocycles. The minimum atomic E-state index is -0.670. The number of fused-ring (bicyclic) bond motifs is 4. The molecule has 12 N–H and O–H groups in total. The molecule has 0 bridgehead atoms. The summed E-state index contributed by atoms with van der Waals surface area (Å²) in [6.07, 6.45) is 24.5. The number of nitrogens with two attached hydrogens (primary N) is 4. The molecule has 128 heavy (non-hydrogen) atoms. The summed E-state index contributed by atoms with van der Waals surface area (Å²) in [5.74, 6) is -1.79. The van der Waals surface area contributed by atoms with Gasteiger partial charge in [-0.25, -0.2) is 55.1 Å². The molecule has 8 atom stereocenters. The van der Waals surface area contributed by atoms with E-state index in [4.69, 9.17) is 22.9 Å². The van der Waals surface area contributed by atoms with Crippen molar-refractivity contribution in [3.63, 3.8) is 0 Å². The molecule has 0 unspecified atom stereocenters. The lowest BCUT2D eigenvalue weighted by atomic mass is 9.94. The van der Waals surface area contributed by atoms with Gasteiger partial charge in [0.2, 0.25) is 23.8 Å². The van der Waals surface area contributed by atoms with Crippen LogP contribution in [-0.2, 0) is 0 Å². The zero-order chi connectivity index (χ0) is 89.0. The number of halogens is 8. The molecule has 4 aliphatic heterocycles. The van der Waals surface area contributed by atoms with Crippen LogP contribution in [0, 0.1) is 70.2 Å². The van der Waals surface area contributed by atoms with E-state index in [2.05, 4.69) is 129 Å². The molecular formula is C92H92F8N28. The molecule has 4 aromatic carbocycles. The number of hydrogen-bond donors (Lipinski definition) is 8. The van der Waals surface area contributed by atoms with Gasteiger partial charge >= 0.3 is 0 Å². The van der Waals surface area contributed by atoms with E-state index in [1.165, 1.54) is 90.9 Å². The second-order valence-electron chi connectivity index (χ2n) is 32.5. The highest BCUT2D eigenvalue weighted by Crippen LogP contribution is 2.39. The van der Waals surface area contributed by atoms with Gasteiger partial charge in [-0.1, -0.05) is 52.0 Å². The highest BCUT2D eigenvalue weighted by Gasteiger charge is 2.31. The predicted octanol–water partition coefficient (Wildman–Crippen LogP) is 15.9. The summed E-state index contributed by atoms with van der Waals surface area (Å²) in [6.45, 7) is 15.3. The van der Waals surface area contributed by atoms with E-state index in [-0.39, 0.29) is 69.2 Å². The summed E-state index contributed by atoms with van der Waals surface area (Å²) in [6, 6.07) is 36.3. The van der Waals surface area contributed by atoms with E-state index in [0.717, 1.165) is 124 Å². The Morgan fingerprint density at radius 3 is 0.672 bits per heavy atom. The van der Waals surface area contributed by atoms with Crippen molar-refractivity contribution in [2.24, 2.45) is 46.6 Å². The fourth-order valence-electron chi connectivity index (χ4n) is 16.2. The molecule has 20 rings (SSSR count). The molecule has 16 aromatic rings. The van der Waals surface area contributed by atoms with Gasteiger partial charge in [0.1, 0.15) is 46.5 Å². The average Bonchev–Trinajstić information content (AvgIpc) is 1.61. The third-order valence-corrected chi connectivity index (χ3v) is 24.0. The summed E-state index contributed by atoms with van der Waals surface area (Å²) in [5.41, 5.74) is 34.8.